The molecule has 0 N–H and O–H groups in total. The summed E-state index contributed by atoms with van der Waals surface area (Å²) in [5.41, 5.74) is 2.12. The van der Waals surface area contributed by atoms with E-state index in [1.807, 2.05) is 0 Å². The summed E-state index contributed by atoms with van der Waals surface area (Å²) in [5.74, 6) is -1.71. The largest absolute Gasteiger partial charge is 0.485 e. The highest BCUT2D eigenvalue weighted by Crippen LogP contribution is 2.40. The first-order valence-electron chi connectivity index (χ1n) is 11.2. The maximum atomic E-state index is 13.9. The second kappa shape index (κ2) is 11.0. The van der Waals surface area contributed by atoms with Crippen LogP contribution in [0.3, 0.4) is 0 Å². The number of carbonyl (C=O) groups is 1. The number of hydrogen-bond acceptors (Lipinski definition) is 8. The van der Waals surface area contributed by atoms with E-state index in [0.717, 1.165) is 12.3 Å². The molecule has 4 rings (SSSR count). The lowest BCUT2D eigenvalue weighted by molar-refractivity contribution is -0.757. The Kier molecular flexibility index (Phi) is 7.76. The maximum Gasteiger partial charge on any atom is 0.294 e. The monoisotopic (exact) mass is 547 g/mol. The zero-order valence-corrected chi connectivity index (χ0v) is 20.7. The molecule has 3 aromatic rings. The van der Waals surface area contributed by atoms with E-state index in [1.54, 1.807) is 24.3 Å². The van der Waals surface area contributed by atoms with Gasteiger partial charge in [0.2, 0.25) is 6.10 Å². The summed E-state index contributed by atoms with van der Waals surface area (Å²) in [5, 5.41) is 12.9. The number of amides is 1. The van der Waals surface area contributed by atoms with Gasteiger partial charge in [-0.05, 0) is 65.1 Å². The van der Waals surface area contributed by atoms with Crippen LogP contribution in [0.4, 0.5) is 8.78 Å². The third-order valence-electron chi connectivity index (χ3n) is 5.57. The topological polar surface area (TPSA) is 136 Å². The lowest BCUT2D eigenvalue weighted by Gasteiger charge is -2.27. The molecule has 13 heteroatoms. The molecule has 3 aromatic carbocycles. The van der Waals surface area contributed by atoms with Gasteiger partial charge < -0.3 is 14.3 Å². The van der Waals surface area contributed by atoms with Gasteiger partial charge in [-0.15, -0.1) is 10.1 Å². The molecule has 1 aliphatic rings. The van der Waals surface area contributed by atoms with Crippen LogP contribution in [0.2, 0.25) is 0 Å². The Morgan fingerprint density at radius 2 is 1.79 bits per heavy atom. The van der Waals surface area contributed by atoms with Crippen LogP contribution in [0.1, 0.15) is 11.1 Å². The average molecular weight is 548 g/mol. The van der Waals surface area contributed by atoms with Crippen molar-refractivity contribution in [3.05, 3.63) is 87.5 Å². The summed E-state index contributed by atoms with van der Waals surface area (Å²) >= 11 is 0. The average Bonchev–Trinajstić information content (AvgIpc) is 2.84. The standard InChI is InChI=1S/C25H21F2N2O8S/c1-38(33,34)20-4-2-16(3-5-20)21-13-22-23(11-17(21)8-15-9-18(26)12-19(27)10-15)37-24(14-35-22)25(30)28-6-7-36-29(31)32/h2-5,9-13,24H,6-8,14H2,1H3. The van der Waals surface area contributed by atoms with Gasteiger partial charge in [0.15, 0.2) is 21.3 Å². The lowest BCUT2D eigenvalue weighted by Crippen LogP contribution is -2.41. The van der Waals surface area contributed by atoms with Crippen LogP contribution in [0.25, 0.3) is 11.1 Å². The van der Waals surface area contributed by atoms with Gasteiger partial charge in [-0.25, -0.2) is 22.5 Å². The zero-order chi connectivity index (χ0) is 27.4. The summed E-state index contributed by atoms with van der Waals surface area (Å²) in [4.78, 5) is 26.8. The number of rotatable bonds is 9. The molecule has 1 atom stereocenters. The Morgan fingerprint density at radius 1 is 1.11 bits per heavy atom. The molecule has 1 unspecified atom stereocenters. The van der Waals surface area contributed by atoms with Crippen LogP contribution in [-0.4, -0.2) is 51.5 Å². The van der Waals surface area contributed by atoms with Crippen LogP contribution < -0.4 is 14.8 Å². The molecule has 1 aliphatic heterocycles. The van der Waals surface area contributed by atoms with E-state index in [-0.39, 0.29) is 30.2 Å². The van der Waals surface area contributed by atoms with Gasteiger partial charge in [-0.2, -0.15) is 0 Å². The Bertz CT molecular complexity index is 1460. The molecular weight excluding hydrogens is 526 g/mol. The fourth-order valence-corrected chi connectivity index (χ4v) is 4.51. The molecule has 1 radical (unpaired) electrons. The molecule has 10 nitrogen and oxygen atoms in total. The van der Waals surface area contributed by atoms with E-state index in [4.69, 9.17) is 9.47 Å². The Hall–Kier alpha value is -4.26. The molecule has 1 heterocycles. The summed E-state index contributed by atoms with van der Waals surface area (Å²) < 4.78 is 63.0. The van der Waals surface area contributed by atoms with Crippen molar-refractivity contribution < 1.29 is 41.4 Å². The molecule has 0 fully saturated rings. The third kappa shape index (κ3) is 6.54. The van der Waals surface area contributed by atoms with Gasteiger partial charge in [0.25, 0.3) is 11.0 Å². The van der Waals surface area contributed by atoms with Gasteiger partial charge in [-0.3, -0.25) is 4.79 Å². The van der Waals surface area contributed by atoms with Crippen molar-refractivity contribution in [3.8, 4) is 22.6 Å². The Labute approximate surface area is 216 Å². The summed E-state index contributed by atoms with van der Waals surface area (Å²) in [6.45, 7) is -0.809. The molecule has 199 valence electrons. The maximum absolute atomic E-state index is 13.9. The lowest BCUT2D eigenvalue weighted by atomic mass is 9.94. The molecule has 1 amide bonds. The number of halogens is 2. The van der Waals surface area contributed by atoms with Crippen LogP contribution in [0, 0.1) is 21.7 Å². The van der Waals surface area contributed by atoms with Crippen LogP contribution in [-0.2, 0) is 25.9 Å². The van der Waals surface area contributed by atoms with Gasteiger partial charge in [0.1, 0.15) is 24.8 Å². The van der Waals surface area contributed by atoms with E-state index in [0.29, 0.717) is 28.0 Å². The van der Waals surface area contributed by atoms with Gasteiger partial charge in [0, 0.05) is 12.3 Å². The number of ether oxygens (including phenoxy) is 2. The molecule has 0 saturated heterocycles. The van der Waals surface area contributed by atoms with Crippen molar-refractivity contribution in [3.63, 3.8) is 0 Å². The Morgan fingerprint density at radius 3 is 2.42 bits per heavy atom. The first-order valence-corrected chi connectivity index (χ1v) is 13.1. The predicted molar refractivity (Wildman–Crippen MR) is 129 cm³/mol. The highest BCUT2D eigenvalue weighted by atomic mass is 32.2. The van der Waals surface area contributed by atoms with E-state index in [9.17, 15) is 32.1 Å². The first-order chi connectivity index (χ1) is 18.0. The van der Waals surface area contributed by atoms with Crippen molar-refractivity contribution in [1.82, 2.24) is 5.32 Å². The van der Waals surface area contributed by atoms with Crippen LogP contribution in [0.15, 0.2) is 59.5 Å². The number of carbonyl (C=O) groups excluding carboxylic acids is 1. The minimum Gasteiger partial charge on any atom is -0.485 e. The fourth-order valence-electron chi connectivity index (χ4n) is 3.88. The van der Waals surface area contributed by atoms with Crippen molar-refractivity contribution >= 4 is 15.7 Å². The molecule has 38 heavy (non-hydrogen) atoms. The van der Waals surface area contributed by atoms with Crippen molar-refractivity contribution in [1.29, 1.82) is 0 Å². The normalized spacial score (nSPS) is 14.6. The molecule has 0 saturated carbocycles. The number of hydrogen-bond donors (Lipinski definition) is 0. The molecular formula is C25H21F2N2O8S. The summed E-state index contributed by atoms with van der Waals surface area (Å²) in [7, 11) is -3.42. The zero-order valence-electron chi connectivity index (χ0n) is 19.9. The molecule has 0 aromatic heterocycles. The van der Waals surface area contributed by atoms with Crippen LogP contribution in [0.5, 0.6) is 11.5 Å². The SMILES string of the molecule is CS(=O)(=O)c1ccc(-c2cc3c(cc2Cc2cc(F)cc(F)c2)OC(C(=O)[N]CCO[N+](=O)[O-])CO3)cc1. The van der Waals surface area contributed by atoms with E-state index >= 15 is 0 Å². The minimum atomic E-state index is -3.42. The molecule has 0 bridgehead atoms. The highest BCUT2D eigenvalue weighted by molar-refractivity contribution is 7.90. The Balaban J connectivity index is 1.65. The highest BCUT2D eigenvalue weighted by Gasteiger charge is 2.29. The second-order valence-corrected chi connectivity index (χ2v) is 10.4. The number of nitrogens with zero attached hydrogens (tertiary/aromatic N) is 2. The minimum absolute atomic E-state index is 0.0791. The fraction of sp³-hybridized carbons (Fsp3) is 0.240. The molecule has 0 aliphatic carbocycles. The second-order valence-electron chi connectivity index (χ2n) is 8.40. The van der Waals surface area contributed by atoms with Crippen molar-refractivity contribution in [2.24, 2.45) is 0 Å². The first kappa shape index (κ1) is 26.8. The van der Waals surface area contributed by atoms with E-state index in [1.165, 1.54) is 24.3 Å². The van der Waals surface area contributed by atoms with Gasteiger partial charge in [-0.1, -0.05) is 12.1 Å². The van der Waals surface area contributed by atoms with Crippen molar-refractivity contribution in [2.75, 3.05) is 26.0 Å². The third-order valence-corrected chi connectivity index (χ3v) is 6.70. The summed E-state index contributed by atoms with van der Waals surface area (Å²) in [6.07, 6.45) is 0.0582. The smallest absolute Gasteiger partial charge is 0.294 e. The van der Waals surface area contributed by atoms with E-state index < -0.39 is 45.2 Å². The van der Waals surface area contributed by atoms with Crippen LogP contribution >= 0.6 is 0 Å². The summed E-state index contributed by atoms with van der Waals surface area (Å²) in [6, 6.07) is 12.5. The molecule has 0 spiro atoms. The predicted octanol–water partition coefficient (Wildman–Crippen LogP) is 3.11. The quantitative estimate of drug-likeness (QED) is 0.227. The van der Waals surface area contributed by atoms with Gasteiger partial charge in [0.05, 0.1) is 11.4 Å². The van der Waals surface area contributed by atoms with Gasteiger partial charge >= 0.3 is 0 Å². The number of benzene rings is 3. The van der Waals surface area contributed by atoms with E-state index in [2.05, 4.69) is 10.2 Å². The number of fused-ring (bicyclic) bond motifs is 1. The number of sulfone groups is 1. The van der Waals surface area contributed by atoms with Crippen molar-refractivity contribution in [2.45, 2.75) is 17.4 Å².